The Morgan fingerprint density at radius 3 is 2.78 bits per heavy atom. The number of sulfonamides is 1. The van der Waals surface area contributed by atoms with Gasteiger partial charge in [0.2, 0.25) is 15.9 Å². The van der Waals surface area contributed by atoms with E-state index in [1.165, 1.54) is 15.6 Å². The summed E-state index contributed by atoms with van der Waals surface area (Å²) in [5.41, 5.74) is 2.44. The van der Waals surface area contributed by atoms with E-state index in [-0.39, 0.29) is 17.6 Å². The van der Waals surface area contributed by atoms with Crippen LogP contribution in [0.3, 0.4) is 0 Å². The third-order valence-corrected chi connectivity index (χ3v) is 7.01. The minimum atomic E-state index is -3.22. The molecule has 0 radical (unpaired) electrons. The summed E-state index contributed by atoms with van der Waals surface area (Å²) in [6.07, 6.45) is 2.36. The molecule has 1 amide bonds. The zero-order valence-corrected chi connectivity index (χ0v) is 17.6. The largest absolute Gasteiger partial charge is 0.372 e. The molecule has 0 bridgehead atoms. The first-order valence-corrected chi connectivity index (χ1v) is 11.6. The van der Waals surface area contributed by atoms with E-state index in [9.17, 15) is 13.2 Å². The Morgan fingerprint density at radius 2 is 2.11 bits per heavy atom. The average Bonchev–Trinajstić information content (AvgIpc) is 2.68. The van der Waals surface area contributed by atoms with Crippen molar-refractivity contribution < 1.29 is 13.2 Å². The van der Waals surface area contributed by atoms with Gasteiger partial charge in [0.25, 0.3) is 0 Å². The fourth-order valence-corrected chi connectivity index (χ4v) is 4.69. The van der Waals surface area contributed by atoms with Gasteiger partial charge in [-0.15, -0.1) is 0 Å². The lowest BCUT2D eigenvalue weighted by Gasteiger charge is -2.31. The summed E-state index contributed by atoms with van der Waals surface area (Å²) < 4.78 is 25.5. The van der Waals surface area contributed by atoms with Crippen LogP contribution in [-0.2, 0) is 14.8 Å². The monoisotopic (exact) mass is 395 g/mol. The summed E-state index contributed by atoms with van der Waals surface area (Å²) in [6.45, 7) is 9.11. The van der Waals surface area contributed by atoms with E-state index in [0.29, 0.717) is 19.6 Å². The lowest BCUT2D eigenvalue weighted by Crippen LogP contribution is -2.46. The normalized spacial score (nSPS) is 18.3. The molecule has 1 aliphatic heterocycles. The number of benzene rings is 1. The maximum absolute atomic E-state index is 12.4. The number of amides is 1. The average molecular weight is 396 g/mol. The van der Waals surface area contributed by atoms with Gasteiger partial charge in [0, 0.05) is 38.4 Å². The smallest absolute Gasteiger partial charge is 0.224 e. The molecule has 1 fully saturated rings. The Labute approximate surface area is 164 Å². The number of carbonyl (C=O) groups is 1. The highest BCUT2D eigenvalue weighted by Crippen LogP contribution is 2.20. The third kappa shape index (κ3) is 6.21. The van der Waals surface area contributed by atoms with Crippen molar-refractivity contribution in [3.8, 4) is 0 Å². The quantitative estimate of drug-likeness (QED) is 0.652. The number of hydrogen-bond acceptors (Lipinski definition) is 4. The van der Waals surface area contributed by atoms with Gasteiger partial charge < -0.3 is 10.2 Å². The van der Waals surface area contributed by atoms with Crippen molar-refractivity contribution in [2.45, 2.75) is 40.0 Å². The van der Waals surface area contributed by atoms with Crippen LogP contribution >= 0.6 is 0 Å². The zero-order valence-electron chi connectivity index (χ0n) is 16.8. The molecule has 1 atom stereocenters. The molecule has 1 heterocycles. The molecule has 7 heteroatoms. The van der Waals surface area contributed by atoms with E-state index in [2.05, 4.69) is 48.3 Å². The lowest BCUT2D eigenvalue weighted by atomic mass is 9.99. The third-order valence-electron chi connectivity index (χ3n) is 5.17. The molecule has 0 aliphatic carbocycles. The number of nitrogens with zero attached hydrogens (tertiary/aromatic N) is 2. The Hall–Kier alpha value is -1.60. The Balaban J connectivity index is 1.78. The fraction of sp³-hybridized carbons (Fsp3) is 0.650. The molecular formula is C20H33N3O3S. The molecule has 2 rings (SSSR count). The van der Waals surface area contributed by atoms with E-state index in [0.717, 1.165) is 32.4 Å². The van der Waals surface area contributed by atoms with Crippen molar-refractivity contribution in [1.82, 2.24) is 9.62 Å². The number of nitrogens with one attached hydrogen (secondary N) is 1. The molecule has 1 N–H and O–H groups in total. The second-order valence-corrected chi connectivity index (χ2v) is 9.42. The SMILES string of the molecule is CCN(CCCNC(=O)[C@@H]1CCCN(S(=O)(=O)CC)C1)c1cccc(C)c1. The van der Waals surface area contributed by atoms with E-state index in [1.807, 2.05) is 0 Å². The highest BCUT2D eigenvalue weighted by atomic mass is 32.2. The maximum atomic E-state index is 12.4. The van der Waals surface area contributed by atoms with Crippen LogP contribution in [0.2, 0.25) is 0 Å². The standard InChI is InChI=1S/C20H33N3O3S/c1-4-22(19-11-6-9-17(3)15-19)13-8-12-21-20(24)18-10-7-14-23(16-18)27(25,26)5-2/h6,9,11,15,18H,4-5,7-8,10,12-14,16H2,1-3H3,(H,21,24)/t18-/m1/s1. The lowest BCUT2D eigenvalue weighted by molar-refractivity contribution is -0.126. The molecule has 0 aromatic heterocycles. The van der Waals surface area contributed by atoms with E-state index < -0.39 is 10.0 Å². The first kappa shape index (κ1) is 21.7. The van der Waals surface area contributed by atoms with Crippen LogP contribution in [0, 0.1) is 12.8 Å². The summed E-state index contributed by atoms with van der Waals surface area (Å²) in [7, 11) is -3.22. The predicted molar refractivity (Wildman–Crippen MR) is 110 cm³/mol. The number of carbonyl (C=O) groups excluding carboxylic acids is 1. The molecule has 0 spiro atoms. The van der Waals surface area contributed by atoms with Crippen molar-refractivity contribution in [3.63, 3.8) is 0 Å². The van der Waals surface area contributed by atoms with Crippen LogP contribution in [-0.4, -0.2) is 57.1 Å². The van der Waals surface area contributed by atoms with Gasteiger partial charge in [-0.2, -0.15) is 0 Å². The molecular weight excluding hydrogens is 362 g/mol. The second kappa shape index (κ2) is 10.1. The highest BCUT2D eigenvalue weighted by Gasteiger charge is 2.31. The van der Waals surface area contributed by atoms with E-state index in [1.54, 1.807) is 6.92 Å². The molecule has 1 aliphatic rings. The molecule has 1 aromatic carbocycles. The summed E-state index contributed by atoms with van der Waals surface area (Å²) in [4.78, 5) is 14.7. The Bertz CT molecular complexity index is 721. The Morgan fingerprint density at radius 1 is 1.33 bits per heavy atom. The van der Waals surface area contributed by atoms with Gasteiger partial charge in [-0.3, -0.25) is 4.79 Å². The number of aryl methyl sites for hydroxylation is 1. The van der Waals surface area contributed by atoms with Gasteiger partial charge in [-0.05, 0) is 57.7 Å². The van der Waals surface area contributed by atoms with Crippen molar-refractivity contribution in [2.24, 2.45) is 5.92 Å². The van der Waals surface area contributed by atoms with Crippen molar-refractivity contribution >= 4 is 21.6 Å². The summed E-state index contributed by atoms with van der Waals surface area (Å²) in [5, 5.41) is 3.00. The number of hydrogen-bond donors (Lipinski definition) is 1. The topological polar surface area (TPSA) is 69.7 Å². The zero-order chi connectivity index (χ0) is 19.9. The molecule has 1 saturated heterocycles. The molecule has 0 saturated carbocycles. The highest BCUT2D eigenvalue weighted by molar-refractivity contribution is 7.89. The van der Waals surface area contributed by atoms with Gasteiger partial charge in [-0.1, -0.05) is 12.1 Å². The van der Waals surface area contributed by atoms with Crippen LogP contribution in [0.15, 0.2) is 24.3 Å². The van der Waals surface area contributed by atoms with E-state index in [4.69, 9.17) is 0 Å². The minimum absolute atomic E-state index is 0.0235. The summed E-state index contributed by atoms with van der Waals surface area (Å²) >= 11 is 0. The number of rotatable bonds is 9. The van der Waals surface area contributed by atoms with E-state index >= 15 is 0 Å². The minimum Gasteiger partial charge on any atom is -0.372 e. The van der Waals surface area contributed by atoms with Gasteiger partial charge in [0.1, 0.15) is 0 Å². The summed E-state index contributed by atoms with van der Waals surface area (Å²) in [6, 6.07) is 8.44. The van der Waals surface area contributed by atoms with Crippen LogP contribution in [0.5, 0.6) is 0 Å². The van der Waals surface area contributed by atoms with Crippen LogP contribution in [0.25, 0.3) is 0 Å². The van der Waals surface area contributed by atoms with Crippen LogP contribution < -0.4 is 10.2 Å². The first-order valence-electron chi connectivity index (χ1n) is 9.94. The van der Waals surface area contributed by atoms with Gasteiger partial charge in [0.05, 0.1) is 11.7 Å². The molecule has 6 nitrogen and oxygen atoms in total. The number of anilines is 1. The predicted octanol–water partition coefficient (Wildman–Crippen LogP) is 2.39. The maximum Gasteiger partial charge on any atom is 0.224 e. The van der Waals surface area contributed by atoms with Crippen molar-refractivity contribution in [2.75, 3.05) is 43.4 Å². The first-order chi connectivity index (χ1) is 12.9. The molecule has 0 unspecified atom stereocenters. The van der Waals surface area contributed by atoms with Crippen LogP contribution in [0.4, 0.5) is 5.69 Å². The molecule has 1 aromatic rings. The molecule has 152 valence electrons. The fourth-order valence-electron chi connectivity index (χ4n) is 3.51. The molecule has 27 heavy (non-hydrogen) atoms. The second-order valence-electron chi connectivity index (χ2n) is 7.16. The number of piperidine rings is 1. The van der Waals surface area contributed by atoms with Crippen LogP contribution in [0.1, 0.15) is 38.7 Å². The van der Waals surface area contributed by atoms with Gasteiger partial charge >= 0.3 is 0 Å². The van der Waals surface area contributed by atoms with Crippen molar-refractivity contribution in [3.05, 3.63) is 29.8 Å². The summed E-state index contributed by atoms with van der Waals surface area (Å²) in [5.74, 6) is -0.170. The van der Waals surface area contributed by atoms with Gasteiger partial charge in [-0.25, -0.2) is 12.7 Å². The Kier molecular flexibility index (Phi) is 8.10. The van der Waals surface area contributed by atoms with Crippen molar-refractivity contribution in [1.29, 1.82) is 0 Å². The van der Waals surface area contributed by atoms with Gasteiger partial charge in [0.15, 0.2) is 0 Å².